The number of amides is 1. The van der Waals surface area contributed by atoms with E-state index in [9.17, 15) is 34.8 Å². The van der Waals surface area contributed by atoms with Crippen LogP contribution >= 0.6 is 0 Å². The lowest BCUT2D eigenvalue weighted by molar-refractivity contribution is -0.153. The highest BCUT2D eigenvalue weighted by Crippen LogP contribution is 2.54. The maximum absolute atomic E-state index is 14.1. The Morgan fingerprint density at radius 2 is 1.76 bits per heavy atom. The van der Waals surface area contributed by atoms with Crippen molar-refractivity contribution in [2.24, 2.45) is 17.6 Å². The number of aromatic hydroxyl groups is 1. The fourth-order valence-corrected chi connectivity index (χ4v) is 6.65. The van der Waals surface area contributed by atoms with Crippen LogP contribution in [0.15, 0.2) is 47.2 Å². The van der Waals surface area contributed by atoms with Gasteiger partial charge in [-0.15, -0.1) is 0 Å². The van der Waals surface area contributed by atoms with Crippen LogP contribution in [-0.4, -0.2) is 82.6 Å². The number of ketones is 2. The monoisotopic (exact) mass is 571 g/mol. The van der Waals surface area contributed by atoms with Gasteiger partial charge in [-0.2, -0.15) is 0 Å². The van der Waals surface area contributed by atoms with Crippen molar-refractivity contribution in [2.45, 2.75) is 31.4 Å². The van der Waals surface area contributed by atoms with Crippen LogP contribution < -0.4 is 10.6 Å². The molecule has 1 fully saturated rings. The Bertz CT molecular complexity index is 1690. The summed E-state index contributed by atoms with van der Waals surface area (Å²) >= 11 is 0. The fraction of sp³-hybridized carbons (Fsp3) is 0.344. The largest absolute Gasteiger partial charge is 0.508 e. The first-order valence-corrected chi connectivity index (χ1v) is 13.5. The normalized spacial score (nSPS) is 25.0. The van der Waals surface area contributed by atoms with Crippen molar-refractivity contribution in [3.63, 3.8) is 0 Å². The molecule has 2 aromatic rings. The molecule has 0 radical (unpaired) electrons. The van der Waals surface area contributed by atoms with Crippen LogP contribution in [0.3, 0.4) is 0 Å². The van der Waals surface area contributed by atoms with E-state index in [4.69, 9.17) is 5.73 Å². The minimum Gasteiger partial charge on any atom is -0.508 e. The van der Waals surface area contributed by atoms with Crippen molar-refractivity contribution >= 4 is 28.9 Å². The van der Waals surface area contributed by atoms with Crippen molar-refractivity contribution in [2.75, 3.05) is 33.1 Å². The van der Waals surface area contributed by atoms with Gasteiger partial charge in [-0.05, 0) is 69.1 Å². The SMILES string of the molecule is Cc1cccc(C#Cc2cc(N(C)C)c3c(c2O)C(O)=C2C(=O)C4(O)C(O)=C(C(N)=O)C(=O)C(N(C)C)C4CC2C3)c1. The summed E-state index contributed by atoms with van der Waals surface area (Å²) in [6.45, 7) is 1.94. The van der Waals surface area contributed by atoms with Crippen LogP contribution in [0.25, 0.3) is 5.76 Å². The first-order chi connectivity index (χ1) is 19.7. The lowest BCUT2D eigenvalue weighted by Crippen LogP contribution is -2.65. The van der Waals surface area contributed by atoms with Gasteiger partial charge < -0.3 is 31.1 Å². The number of phenolic OH excluding ortho intramolecular Hbond substituents is 1. The highest BCUT2D eigenvalue weighted by Gasteiger charge is 2.64. The summed E-state index contributed by atoms with van der Waals surface area (Å²) < 4.78 is 0. The number of phenols is 1. The van der Waals surface area contributed by atoms with Crippen molar-refractivity contribution in [3.05, 3.63) is 75.1 Å². The molecule has 2 aromatic carbocycles. The van der Waals surface area contributed by atoms with Gasteiger partial charge in [0.05, 0.1) is 17.2 Å². The number of hydrogen-bond acceptors (Lipinski definition) is 9. The van der Waals surface area contributed by atoms with Gasteiger partial charge >= 0.3 is 0 Å². The molecule has 1 saturated carbocycles. The molecule has 4 unspecified atom stereocenters. The summed E-state index contributed by atoms with van der Waals surface area (Å²) in [5.41, 5.74) is 4.86. The number of likely N-dealkylation sites (N-methyl/N-ethyl adjacent to an activating group) is 1. The van der Waals surface area contributed by atoms with Crippen LogP contribution in [0.5, 0.6) is 5.75 Å². The van der Waals surface area contributed by atoms with Gasteiger partial charge in [-0.1, -0.05) is 24.0 Å². The predicted molar refractivity (Wildman–Crippen MR) is 156 cm³/mol. The summed E-state index contributed by atoms with van der Waals surface area (Å²) in [5, 5.41) is 45.8. The number of aliphatic hydroxyl groups excluding tert-OH is 2. The number of benzene rings is 2. The molecule has 10 heteroatoms. The van der Waals surface area contributed by atoms with E-state index in [1.54, 1.807) is 20.2 Å². The molecule has 6 N–H and O–H groups in total. The third-order valence-corrected chi connectivity index (χ3v) is 8.54. The quantitative estimate of drug-likeness (QED) is 0.273. The molecule has 0 heterocycles. The number of Topliss-reactive ketones (excluding diaryl/α,β-unsaturated/α-hetero) is 2. The molecule has 4 atom stereocenters. The smallest absolute Gasteiger partial charge is 0.255 e. The number of hydrogen-bond donors (Lipinski definition) is 5. The Labute approximate surface area is 243 Å². The van der Waals surface area contributed by atoms with Crippen LogP contribution in [0.1, 0.15) is 34.2 Å². The maximum Gasteiger partial charge on any atom is 0.255 e. The van der Waals surface area contributed by atoms with Gasteiger partial charge in [0.2, 0.25) is 5.78 Å². The highest BCUT2D eigenvalue weighted by atomic mass is 16.3. The molecule has 3 aliphatic carbocycles. The number of fused-ring (bicyclic) bond motifs is 3. The second kappa shape index (κ2) is 10.0. The number of aliphatic hydroxyl groups is 3. The second-order valence-corrected chi connectivity index (χ2v) is 11.6. The van der Waals surface area contributed by atoms with Gasteiger partial charge in [0.1, 0.15) is 22.8 Å². The number of rotatable bonds is 3. The molecular formula is C32H33N3O7. The third kappa shape index (κ3) is 4.16. The molecule has 10 nitrogen and oxygen atoms in total. The Balaban J connectivity index is 1.73. The van der Waals surface area contributed by atoms with Crippen molar-refractivity contribution in [3.8, 4) is 17.6 Å². The minimum atomic E-state index is -2.69. The average molecular weight is 572 g/mol. The molecule has 0 aromatic heterocycles. The summed E-state index contributed by atoms with van der Waals surface area (Å²) in [7, 11) is 6.74. The van der Waals surface area contributed by atoms with Gasteiger partial charge in [0, 0.05) is 36.8 Å². The Kier molecular flexibility index (Phi) is 6.92. The van der Waals surface area contributed by atoms with E-state index in [1.807, 2.05) is 50.2 Å². The van der Waals surface area contributed by atoms with E-state index in [0.717, 1.165) is 11.1 Å². The molecule has 0 aliphatic heterocycles. The second-order valence-electron chi connectivity index (χ2n) is 11.6. The lowest BCUT2D eigenvalue weighted by atomic mass is 9.57. The molecule has 0 bridgehead atoms. The number of aryl methyl sites for hydroxylation is 1. The summed E-state index contributed by atoms with van der Waals surface area (Å²) in [5.74, 6) is -0.902. The molecule has 218 valence electrons. The number of nitrogens with two attached hydrogens (primary N) is 1. The van der Waals surface area contributed by atoms with E-state index in [0.29, 0.717) is 11.3 Å². The first-order valence-electron chi connectivity index (χ1n) is 13.5. The van der Waals surface area contributed by atoms with Crippen molar-refractivity contribution in [1.29, 1.82) is 0 Å². The van der Waals surface area contributed by atoms with Crippen LogP contribution in [0, 0.1) is 30.6 Å². The van der Waals surface area contributed by atoms with E-state index < -0.39 is 58.0 Å². The molecule has 3 aliphatic rings. The first kappa shape index (κ1) is 28.9. The predicted octanol–water partition coefficient (Wildman–Crippen LogP) is 1.74. The Morgan fingerprint density at radius 3 is 2.36 bits per heavy atom. The van der Waals surface area contributed by atoms with Gasteiger partial charge in [-0.3, -0.25) is 19.3 Å². The lowest BCUT2D eigenvalue weighted by Gasteiger charge is -2.50. The van der Waals surface area contributed by atoms with Gasteiger partial charge in [0.25, 0.3) is 5.91 Å². The maximum atomic E-state index is 14.1. The summed E-state index contributed by atoms with van der Waals surface area (Å²) in [6, 6.07) is 8.12. The highest BCUT2D eigenvalue weighted by molar-refractivity contribution is 6.24. The van der Waals surface area contributed by atoms with Crippen LogP contribution in [0.2, 0.25) is 0 Å². The Morgan fingerprint density at radius 1 is 1.07 bits per heavy atom. The summed E-state index contributed by atoms with van der Waals surface area (Å²) in [4.78, 5) is 42.8. The number of nitrogens with zero attached hydrogens (tertiary/aromatic N) is 2. The van der Waals surface area contributed by atoms with E-state index >= 15 is 0 Å². The van der Waals surface area contributed by atoms with Crippen LogP contribution in [0.4, 0.5) is 5.69 Å². The van der Waals surface area contributed by atoms with Gasteiger partial charge in [0.15, 0.2) is 11.4 Å². The van der Waals surface area contributed by atoms with E-state index in [-0.39, 0.29) is 35.3 Å². The molecule has 42 heavy (non-hydrogen) atoms. The third-order valence-electron chi connectivity index (χ3n) is 8.54. The van der Waals surface area contributed by atoms with E-state index in [1.165, 1.54) is 4.90 Å². The molecule has 1 amide bonds. The average Bonchev–Trinajstić information content (AvgIpc) is 2.89. The van der Waals surface area contributed by atoms with Crippen molar-refractivity contribution < 1.29 is 34.8 Å². The van der Waals surface area contributed by atoms with Crippen LogP contribution in [-0.2, 0) is 20.8 Å². The molecular weight excluding hydrogens is 538 g/mol. The number of anilines is 1. The zero-order valence-electron chi connectivity index (χ0n) is 24.0. The number of carbonyl (C=O) groups excluding carboxylic acids is 3. The van der Waals surface area contributed by atoms with E-state index in [2.05, 4.69) is 11.8 Å². The molecule has 5 rings (SSSR count). The standard InChI is InChI=1S/C32H33N3O7/c1-15-7-6-8-16(11-15)9-10-17-14-21(34(2)3)19-12-18-13-20-25(35(4)5)28(38)24(31(33)41)30(40)32(20,42)29(39)22(18)27(37)23(19)26(17)36/h6-8,11,14,18,20,25,36-37,40,42H,12-13H2,1-5H3,(H2,33,41). The fourth-order valence-electron chi connectivity index (χ4n) is 6.65. The zero-order chi connectivity index (χ0) is 30.8. The minimum absolute atomic E-state index is 0.00558. The zero-order valence-corrected chi connectivity index (χ0v) is 24.0. The Hall–Kier alpha value is -4.59. The summed E-state index contributed by atoms with van der Waals surface area (Å²) in [6.07, 6.45) is 0.218. The molecule has 0 spiro atoms. The number of carbonyl (C=O) groups is 3. The van der Waals surface area contributed by atoms with Gasteiger partial charge in [-0.25, -0.2) is 0 Å². The topological polar surface area (TPSA) is 165 Å². The van der Waals surface area contributed by atoms with Crippen molar-refractivity contribution in [1.82, 2.24) is 4.90 Å². The number of primary amides is 1. The molecule has 0 saturated heterocycles.